The monoisotopic (exact) mass is 275 g/mol. The number of carbonyl (C=O) groups is 1. The summed E-state index contributed by atoms with van der Waals surface area (Å²) in [6.07, 6.45) is 4.37. The maximum Gasteiger partial charge on any atom is 0.329 e. The predicted molar refractivity (Wildman–Crippen MR) is 82.0 cm³/mol. The molecule has 0 spiro atoms. The van der Waals surface area contributed by atoms with E-state index in [0.29, 0.717) is 12.8 Å². The topological polar surface area (TPSA) is 49.3 Å². The Morgan fingerprint density at radius 3 is 2.60 bits per heavy atom. The van der Waals surface area contributed by atoms with Crippen LogP contribution in [0.25, 0.3) is 0 Å². The first-order valence-corrected chi connectivity index (χ1v) is 7.41. The van der Waals surface area contributed by atoms with Crippen molar-refractivity contribution < 1.29 is 9.90 Å². The van der Waals surface area contributed by atoms with E-state index in [2.05, 4.69) is 19.2 Å². The van der Waals surface area contributed by atoms with E-state index < -0.39 is 11.5 Å². The number of aliphatic carboxylic acids is 1. The van der Waals surface area contributed by atoms with Crippen LogP contribution in [-0.2, 0) is 4.79 Å². The lowest BCUT2D eigenvalue weighted by Crippen LogP contribution is -2.46. The van der Waals surface area contributed by atoms with E-state index in [1.54, 1.807) is 0 Å². The standard InChI is InChI=1S/C17H25NO2/c1-13-6-4-7-14(12-13)18-17(15(19)20)9-5-8-16(2,3)10-11-17/h4,6-7,12,18H,5,8-11H2,1-3H3,(H,19,20). The second-order valence-electron chi connectivity index (χ2n) is 6.90. The maximum absolute atomic E-state index is 11.9. The van der Waals surface area contributed by atoms with Gasteiger partial charge in [0.15, 0.2) is 0 Å². The number of aryl methyl sites for hydroxylation is 1. The van der Waals surface area contributed by atoms with E-state index in [1.807, 2.05) is 31.2 Å². The Morgan fingerprint density at radius 2 is 1.95 bits per heavy atom. The molecular formula is C17H25NO2. The van der Waals surface area contributed by atoms with Crippen molar-refractivity contribution >= 4 is 11.7 Å². The molecule has 1 fully saturated rings. The van der Waals surface area contributed by atoms with Gasteiger partial charge in [-0.25, -0.2) is 4.79 Å². The predicted octanol–water partition coefficient (Wildman–Crippen LogP) is 4.22. The number of benzene rings is 1. The van der Waals surface area contributed by atoms with E-state index in [0.717, 1.165) is 30.5 Å². The van der Waals surface area contributed by atoms with Gasteiger partial charge in [-0.05, 0) is 62.1 Å². The van der Waals surface area contributed by atoms with Crippen LogP contribution in [0.5, 0.6) is 0 Å². The maximum atomic E-state index is 11.9. The minimum Gasteiger partial charge on any atom is -0.480 e. The molecule has 0 radical (unpaired) electrons. The SMILES string of the molecule is Cc1cccc(NC2(C(=O)O)CCCC(C)(C)CC2)c1. The number of hydrogen-bond acceptors (Lipinski definition) is 2. The highest BCUT2D eigenvalue weighted by Gasteiger charge is 2.41. The van der Waals surface area contributed by atoms with E-state index in [4.69, 9.17) is 0 Å². The molecule has 2 rings (SSSR count). The van der Waals surface area contributed by atoms with Gasteiger partial charge < -0.3 is 10.4 Å². The fraction of sp³-hybridized carbons (Fsp3) is 0.588. The second kappa shape index (κ2) is 5.47. The van der Waals surface area contributed by atoms with Crippen LogP contribution in [0.3, 0.4) is 0 Å². The van der Waals surface area contributed by atoms with E-state index >= 15 is 0 Å². The number of rotatable bonds is 3. The zero-order valence-electron chi connectivity index (χ0n) is 12.7. The minimum atomic E-state index is -0.818. The molecule has 1 saturated carbocycles. The molecule has 3 nitrogen and oxygen atoms in total. The van der Waals surface area contributed by atoms with Gasteiger partial charge in [-0.2, -0.15) is 0 Å². The van der Waals surface area contributed by atoms with Gasteiger partial charge >= 0.3 is 5.97 Å². The van der Waals surface area contributed by atoms with Crippen molar-refractivity contribution in [2.45, 2.75) is 58.4 Å². The van der Waals surface area contributed by atoms with Gasteiger partial charge in [0.05, 0.1) is 0 Å². The summed E-state index contributed by atoms with van der Waals surface area (Å²) < 4.78 is 0. The first kappa shape index (κ1) is 14.9. The number of anilines is 1. The molecule has 2 N–H and O–H groups in total. The fourth-order valence-corrected chi connectivity index (χ4v) is 3.06. The highest BCUT2D eigenvalue weighted by Crippen LogP contribution is 2.39. The van der Waals surface area contributed by atoms with Crippen LogP contribution in [0.4, 0.5) is 5.69 Å². The highest BCUT2D eigenvalue weighted by atomic mass is 16.4. The molecule has 1 atom stereocenters. The van der Waals surface area contributed by atoms with Gasteiger partial charge in [-0.1, -0.05) is 26.0 Å². The summed E-state index contributed by atoms with van der Waals surface area (Å²) in [4.78, 5) is 11.9. The van der Waals surface area contributed by atoms with Crippen LogP contribution in [0.15, 0.2) is 24.3 Å². The van der Waals surface area contributed by atoms with Gasteiger partial charge in [0, 0.05) is 5.69 Å². The third-order valence-corrected chi connectivity index (χ3v) is 4.50. The molecule has 0 saturated heterocycles. The van der Waals surface area contributed by atoms with Gasteiger partial charge in [0.1, 0.15) is 5.54 Å². The summed E-state index contributed by atoms with van der Waals surface area (Å²) in [6.45, 7) is 6.49. The molecule has 1 aromatic carbocycles. The summed E-state index contributed by atoms with van der Waals surface area (Å²) in [5, 5.41) is 13.1. The Balaban J connectivity index is 2.24. The Morgan fingerprint density at radius 1 is 1.20 bits per heavy atom. The summed E-state index contributed by atoms with van der Waals surface area (Å²) in [7, 11) is 0. The van der Waals surface area contributed by atoms with Crippen LogP contribution >= 0.6 is 0 Å². The van der Waals surface area contributed by atoms with Gasteiger partial charge in [0.25, 0.3) is 0 Å². The number of carboxylic acids is 1. The zero-order chi connectivity index (χ0) is 14.8. The normalized spacial score (nSPS) is 25.8. The molecule has 0 heterocycles. The van der Waals surface area contributed by atoms with Crippen LogP contribution < -0.4 is 5.32 Å². The lowest BCUT2D eigenvalue weighted by Gasteiger charge is -2.31. The first-order chi connectivity index (χ1) is 9.33. The lowest BCUT2D eigenvalue weighted by atomic mass is 9.83. The Hall–Kier alpha value is -1.51. The smallest absolute Gasteiger partial charge is 0.329 e. The number of hydrogen-bond donors (Lipinski definition) is 2. The molecule has 0 aliphatic heterocycles. The first-order valence-electron chi connectivity index (χ1n) is 7.41. The summed E-state index contributed by atoms with van der Waals surface area (Å²) in [6, 6.07) is 7.96. The van der Waals surface area contributed by atoms with Gasteiger partial charge in [0.2, 0.25) is 0 Å². The average molecular weight is 275 g/mol. The molecule has 110 valence electrons. The molecule has 1 unspecified atom stereocenters. The average Bonchev–Trinajstić information content (AvgIpc) is 2.49. The van der Waals surface area contributed by atoms with Crippen molar-refractivity contribution in [1.82, 2.24) is 0 Å². The second-order valence-corrected chi connectivity index (χ2v) is 6.90. The zero-order valence-corrected chi connectivity index (χ0v) is 12.7. The molecule has 0 bridgehead atoms. The summed E-state index contributed by atoms with van der Waals surface area (Å²) >= 11 is 0. The highest BCUT2D eigenvalue weighted by molar-refractivity contribution is 5.83. The van der Waals surface area contributed by atoms with Crippen molar-refractivity contribution in [1.29, 1.82) is 0 Å². The van der Waals surface area contributed by atoms with Crippen LogP contribution in [0, 0.1) is 12.3 Å². The van der Waals surface area contributed by atoms with Crippen LogP contribution in [0.1, 0.15) is 51.5 Å². The molecule has 1 aliphatic carbocycles. The number of carboxylic acid groups (broad SMARTS) is 1. The molecule has 20 heavy (non-hydrogen) atoms. The Kier molecular flexibility index (Phi) is 4.07. The summed E-state index contributed by atoms with van der Waals surface area (Å²) in [5.74, 6) is -0.725. The van der Waals surface area contributed by atoms with Crippen molar-refractivity contribution in [2.24, 2.45) is 5.41 Å². The summed E-state index contributed by atoms with van der Waals surface area (Å²) in [5.41, 5.74) is 1.48. The van der Waals surface area contributed by atoms with Crippen LogP contribution in [-0.4, -0.2) is 16.6 Å². The Labute approximate surface area is 121 Å². The van der Waals surface area contributed by atoms with Crippen LogP contribution in [0.2, 0.25) is 0 Å². The van der Waals surface area contributed by atoms with Crippen molar-refractivity contribution in [3.8, 4) is 0 Å². The van der Waals surface area contributed by atoms with E-state index in [-0.39, 0.29) is 5.41 Å². The van der Waals surface area contributed by atoms with E-state index in [1.165, 1.54) is 0 Å². The number of nitrogens with one attached hydrogen (secondary N) is 1. The minimum absolute atomic E-state index is 0.242. The Bertz CT molecular complexity index is 496. The van der Waals surface area contributed by atoms with Crippen molar-refractivity contribution in [3.63, 3.8) is 0 Å². The fourth-order valence-electron chi connectivity index (χ4n) is 3.06. The molecule has 1 aliphatic rings. The van der Waals surface area contributed by atoms with Gasteiger partial charge in [-0.15, -0.1) is 0 Å². The third kappa shape index (κ3) is 3.33. The van der Waals surface area contributed by atoms with Crippen molar-refractivity contribution in [2.75, 3.05) is 5.32 Å². The largest absolute Gasteiger partial charge is 0.480 e. The molecule has 3 heteroatoms. The molecule has 0 aromatic heterocycles. The third-order valence-electron chi connectivity index (χ3n) is 4.50. The lowest BCUT2D eigenvalue weighted by molar-refractivity contribution is -0.142. The van der Waals surface area contributed by atoms with E-state index in [9.17, 15) is 9.90 Å². The molecular weight excluding hydrogens is 250 g/mol. The molecule has 1 aromatic rings. The van der Waals surface area contributed by atoms with Gasteiger partial charge in [-0.3, -0.25) is 0 Å². The molecule has 0 amide bonds. The quantitative estimate of drug-likeness (QED) is 0.812. The van der Waals surface area contributed by atoms with Crippen molar-refractivity contribution in [3.05, 3.63) is 29.8 Å².